The standard InChI is InChI=1S/C20H25N3O2S/c1-2-26(24,25)22-19-14-20(18-8-4-3-7-17(18)19)9-12-23(13-10-20)16-6-5-11-21-15-16/h3-8,11,15,19,22H,2,9-10,12-14H2,1H3/t19-/m0/s1. The fourth-order valence-electron chi connectivity index (χ4n) is 4.51. The lowest BCUT2D eigenvalue weighted by atomic mass is 9.73. The molecule has 1 aromatic heterocycles. The first-order valence-corrected chi connectivity index (χ1v) is 10.9. The summed E-state index contributed by atoms with van der Waals surface area (Å²) in [6.07, 6.45) is 6.63. The molecule has 1 aliphatic carbocycles. The number of hydrogen-bond donors (Lipinski definition) is 1. The van der Waals surface area contributed by atoms with Crippen molar-refractivity contribution >= 4 is 15.7 Å². The molecule has 2 heterocycles. The van der Waals surface area contributed by atoms with E-state index in [1.54, 1.807) is 13.1 Å². The van der Waals surface area contributed by atoms with E-state index in [4.69, 9.17) is 0 Å². The lowest BCUT2D eigenvalue weighted by Gasteiger charge is -2.41. The van der Waals surface area contributed by atoms with Gasteiger partial charge in [-0.15, -0.1) is 0 Å². The van der Waals surface area contributed by atoms with Gasteiger partial charge in [0.25, 0.3) is 0 Å². The van der Waals surface area contributed by atoms with Crippen LogP contribution < -0.4 is 9.62 Å². The van der Waals surface area contributed by atoms with E-state index in [-0.39, 0.29) is 17.2 Å². The second-order valence-corrected chi connectivity index (χ2v) is 9.39. The minimum atomic E-state index is -3.22. The zero-order chi connectivity index (χ0) is 18.2. The summed E-state index contributed by atoms with van der Waals surface area (Å²) in [5.41, 5.74) is 3.71. The molecule has 1 fully saturated rings. The Balaban J connectivity index is 1.58. The molecule has 0 unspecified atom stereocenters. The zero-order valence-electron chi connectivity index (χ0n) is 15.1. The van der Waals surface area contributed by atoms with Crippen molar-refractivity contribution in [3.8, 4) is 0 Å². The van der Waals surface area contributed by atoms with E-state index in [0.717, 1.165) is 43.6 Å². The maximum Gasteiger partial charge on any atom is 0.211 e. The van der Waals surface area contributed by atoms with Crippen LogP contribution in [0.4, 0.5) is 5.69 Å². The Morgan fingerprint density at radius 2 is 1.96 bits per heavy atom. The van der Waals surface area contributed by atoms with Crippen LogP contribution in [0.15, 0.2) is 48.8 Å². The molecule has 0 saturated carbocycles. The van der Waals surface area contributed by atoms with Crippen LogP contribution in [0.25, 0.3) is 0 Å². The smallest absolute Gasteiger partial charge is 0.211 e. The van der Waals surface area contributed by atoms with E-state index in [1.165, 1.54) is 5.56 Å². The number of nitrogens with one attached hydrogen (secondary N) is 1. The van der Waals surface area contributed by atoms with Crippen molar-refractivity contribution in [1.29, 1.82) is 0 Å². The number of anilines is 1. The van der Waals surface area contributed by atoms with E-state index in [0.29, 0.717) is 0 Å². The van der Waals surface area contributed by atoms with Crippen molar-refractivity contribution < 1.29 is 8.42 Å². The summed E-state index contributed by atoms with van der Waals surface area (Å²) in [6.45, 7) is 3.62. The van der Waals surface area contributed by atoms with Crippen molar-refractivity contribution in [3.05, 3.63) is 59.9 Å². The molecule has 26 heavy (non-hydrogen) atoms. The molecule has 4 rings (SSSR count). The van der Waals surface area contributed by atoms with Crippen LogP contribution in [-0.4, -0.2) is 32.2 Å². The molecular formula is C20H25N3O2S. The van der Waals surface area contributed by atoms with Crippen LogP contribution in [0.2, 0.25) is 0 Å². The number of nitrogens with zero attached hydrogens (tertiary/aromatic N) is 2. The Morgan fingerprint density at radius 3 is 2.65 bits per heavy atom. The average Bonchev–Trinajstić information content (AvgIpc) is 2.96. The van der Waals surface area contributed by atoms with Crippen molar-refractivity contribution in [3.63, 3.8) is 0 Å². The number of aromatic nitrogens is 1. The van der Waals surface area contributed by atoms with Crippen molar-refractivity contribution in [2.45, 2.75) is 37.6 Å². The van der Waals surface area contributed by atoms with Crippen molar-refractivity contribution in [2.75, 3.05) is 23.7 Å². The first-order chi connectivity index (χ1) is 12.5. The van der Waals surface area contributed by atoms with Gasteiger partial charge in [-0.3, -0.25) is 4.98 Å². The first-order valence-electron chi connectivity index (χ1n) is 9.27. The first kappa shape index (κ1) is 17.5. The number of pyridine rings is 1. The van der Waals surface area contributed by atoms with Gasteiger partial charge in [-0.05, 0) is 49.4 Å². The number of piperidine rings is 1. The van der Waals surface area contributed by atoms with Gasteiger partial charge in [0.2, 0.25) is 10.0 Å². The number of benzene rings is 1. The quantitative estimate of drug-likeness (QED) is 0.897. The third-order valence-corrected chi connectivity index (χ3v) is 7.34. The predicted octanol–water partition coefficient (Wildman–Crippen LogP) is 3.00. The molecule has 1 spiro atoms. The second kappa shape index (κ2) is 6.67. The van der Waals surface area contributed by atoms with E-state index in [1.807, 2.05) is 18.3 Å². The van der Waals surface area contributed by atoms with Gasteiger partial charge in [0, 0.05) is 30.7 Å². The maximum atomic E-state index is 12.1. The Labute approximate surface area is 155 Å². The highest BCUT2D eigenvalue weighted by atomic mass is 32.2. The molecule has 0 radical (unpaired) electrons. The molecule has 5 nitrogen and oxygen atoms in total. The normalized spacial score (nSPS) is 21.7. The molecule has 138 valence electrons. The van der Waals surface area contributed by atoms with Crippen LogP contribution in [0.5, 0.6) is 0 Å². The highest BCUT2D eigenvalue weighted by Crippen LogP contribution is 2.51. The van der Waals surface area contributed by atoms with Gasteiger partial charge in [0.15, 0.2) is 0 Å². The number of rotatable bonds is 4. The summed E-state index contributed by atoms with van der Waals surface area (Å²) in [6, 6.07) is 12.3. The van der Waals surface area contributed by atoms with Gasteiger partial charge in [-0.2, -0.15) is 0 Å². The monoisotopic (exact) mass is 371 g/mol. The van der Waals surface area contributed by atoms with E-state index in [2.05, 4.69) is 38.9 Å². The van der Waals surface area contributed by atoms with Crippen LogP contribution in [-0.2, 0) is 15.4 Å². The van der Waals surface area contributed by atoms with E-state index < -0.39 is 10.0 Å². The lowest BCUT2D eigenvalue weighted by Crippen LogP contribution is -2.42. The summed E-state index contributed by atoms with van der Waals surface area (Å²) < 4.78 is 27.2. The molecular weight excluding hydrogens is 346 g/mol. The summed E-state index contributed by atoms with van der Waals surface area (Å²) in [5, 5.41) is 0. The second-order valence-electron chi connectivity index (χ2n) is 7.34. The summed E-state index contributed by atoms with van der Waals surface area (Å²) in [4.78, 5) is 6.61. The molecule has 1 N–H and O–H groups in total. The predicted molar refractivity (Wildman–Crippen MR) is 104 cm³/mol. The molecule has 1 atom stereocenters. The molecule has 1 aromatic carbocycles. The molecule has 1 aliphatic heterocycles. The van der Waals surface area contributed by atoms with Gasteiger partial charge >= 0.3 is 0 Å². The van der Waals surface area contributed by atoms with E-state index in [9.17, 15) is 8.42 Å². The third-order valence-electron chi connectivity index (χ3n) is 5.94. The fourth-order valence-corrected chi connectivity index (χ4v) is 5.32. The van der Waals surface area contributed by atoms with Gasteiger partial charge in [-0.25, -0.2) is 13.1 Å². The van der Waals surface area contributed by atoms with Gasteiger partial charge in [-0.1, -0.05) is 24.3 Å². The average molecular weight is 372 g/mol. The number of fused-ring (bicyclic) bond motifs is 2. The highest BCUT2D eigenvalue weighted by molar-refractivity contribution is 7.89. The van der Waals surface area contributed by atoms with Crippen molar-refractivity contribution in [1.82, 2.24) is 9.71 Å². The third kappa shape index (κ3) is 3.12. The molecule has 2 aliphatic rings. The Bertz CT molecular complexity index is 875. The maximum absolute atomic E-state index is 12.1. The Morgan fingerprint density at radius 1 is 1.19 bits per heavy atom. The van der Waals surface area contributed by atoms with Crippen LogP contribution >= 0.6 is 0 Å². The van der Waals surface area contributed by atoms with Crippen molar-refractivity contribution in [2.24, 2.45) is 0 Å². The number of sulfonamides is 1. The van der Waals surface area contributed by atoms with Crippen LogP contribution in [0.1, 0.15) is 43.4 Å². The highest BCUT2D eigenvalue weighted by Gasteiger charge is 2.46. The summed E-state index contributed by atoms with van der Waals surface area (Å²) in [7, 11) is -3.22. The van der Waals surface area contributed by atoms with Gasteiger partial charge < -0.3 is 4.90 Å². The minimum absolute atomic E-state index is 0.0657. The summed E-state index contributed by atoms with van der Waals surface area (Å²) >= 11 is 0. The fraction of sp³-hybridized carbons (Fsp3) is 0.450. The van der Waals surface area contributed by atoms with Gasteiger partial charge in [0.1, 0.15) is 0 Å². The minimum Gasteiger partial charge on any atom is -0.370 e. The zero-order valence-corrected chi connectivity index (χ0v) is 15.9. The lowest BCUT2D eigenvalue weighted by molar-refractivity contribution is 0.310. The molecule has 1 saturated heterocycles. The summed E-state index contributed by atoms with van der Waals surface area (Å²) in [5.74, 6) is 0.119. The topological polar surface area (TPSA) is 62.3 Å². The van der Waals surface area contributed by atoms with Gasteiger partial charge in [0.05, 0.1) is 17.6 Å². The van der Waals surface area contributed by atoms with E-state index >= 15 is 0 Å². The SMILES string of the molecule is CCS(=O)(=O)N[C@H]1CC2(CCN(c3cccnc3)CC2)c2ccccc21. The molecule has 0 amide bonds. The molecule has 2 aromatic rings. The Kier molecular flexibility index (Phi) is 4.49. The van der Waals surface area contributed by atoms with Crippen LogP contribution in [0, 0.1) is 0 Å². The number of hydrogen-bond acceptors (Lipinski definition) is 4. The Hall–Kier alpha value is -1.92. The molecule has 0 bridgehead atoms. The molecule has 6 heteroatoms. The largest absolute Gasteiger partial charge is 0.370 e. The van der Waals surface area contributed by atoms with Crippen LogP contribution in [0.3, 0.4) is 0 Å².